The van der Waals surface area contributed by atoms with Gasteiger partial charge in [-0.05, 0) is 22.4 Å². The zero-order valence-electron chi connectivity index (χ0n) is 14.6. The summed E-state index contributed by atoms with van der Waals surface area (Å²) in [7, 11) is 0. The van der Waals surface area contributed by atoms with E-state index in [9.17, 15) is 14.9 Å². The maximum absolute atomic E-state index is 11.1. The molecule has 0 atom stereocenters. The van der Waals surface area contributed by atoms with Crippen LogP contribution in [0.5, 0.6) is 5.75 Å². The van der Waals surface area contributed by atoms with Crippen molar-refractivity contribution in [3.8, 4) is 5.75 Å². The molecule has 0 aromatic heterocycles. The molecule has 0 heterocycles. The van der Waals surface area contributed by atoms with Crippen LogP contribution in [0.15, 0.2) is 65.8 Å². The molecule has 0 spiro atoms. The van der Waals surface area contributed by atoms with Gasteiger partial charge in [0, 0.05) is 24.6 Å². The number of hydrogen-bond donors (Lipinski definition) is 1. The first-order valence-corrected chi connectivity index (χ1v) is 8.22. The van der Waals surface area contributed by atoms with Crippen LogP contribution in [0.1, 0.15) is 18.1 Å². The van der Waals surface area contributed by atoms with E-state index in [1.54, 1.807) is 12.1 Å². The van der Waals surface area contributed by atoms with Gasteiger partial charge in [0.05, 0.1) is 11.1 Å². The van der Waals surface area contributed by atoms with Gasteiger partial charge in [0.1, 0.15) is 12.4 Å². The number of ether oxygens (including phenoxy) is 1. The van der Waals surface area contributed by atoms with Gasteiger partial charge < -0.3 is 4.74 Å². The van der Waals surface area contributed by atoms with Crippen LogP contribution in [-0.4, -0.2) is 17.0 Å². The summed E-state index contributed by atoms with van der Waals surface area (Å²) in [5.41, 5.74) is 3.79. The molecule has 0 radical (unpaired) electrons. The number of amides is 1. The van der Waals surface area contributed by atoms with Crippen molar-refractivity contribution in [3.05, 3.63) is 81.9 Å². The number of fused-ring (bicyclic) bond motifs is 1. The standard InChI is InChI=1S/C20H17N3O4/c1-14(24)22-21-12-19-18-8-3-2-6-16(18)9-10-20(19)27-13-15-5-4-7-17(11-15)23(25)26/h2-12H,13H2,1H3,(H,22,24)/b21-12-. The molecule has 0 bridgehead atoms. The molecular formula is C20H17N3O4. The summed E-state index contributed by atoms with van der Waals surface area (Å²) in [6, 6.07) is 17.8. The highest BCUT2D eigenvalue weighted by atomic mass is 16.6. The Balaban J connectivity index is 1.91. The molecule has 27 heavy (non-hydrogen) atoms. The van der Waals surface area contributed by atoms with Gasteiger partial charge in [-0.25, -0.2) is 5.43 Å². The lowest BCUT2D eigenvalue weighted by Gasteiger charge is -2.12. The van der Waals surface area contributed by atoms with Gasteiger partial charge in [-0.15, -0.1) is 0 Å². The highest BCUT2D eigenvalue weighted by molar-refractivity contribution is 6.02. The lowest BCUT2D eigenvalue weighted by molar-refractivity contribution is -0.384. The van der Waals surface area contributed by atoms with Crippen LogP contribution in [0.25, 0.3) is 10.8 Å². The van der Waals surface area contributed by atoms with Crippen molar-refractivity contribution in [1.82, 2.24) is 5.43 Å². The predicted molar refractivity (Wildman–Crippen MR) is 103 cm³/mol. The van der Waals surface area contributed by atoms with Crippen LogP contribution in [0, 0.1) is 10.1 Å². The van der Waals surface area contributed by atoms with Gasteiger partial charge in [0.15, 0.2) is 0 Å². The molecule has 0 unspecified atom stereocenters. The molecule has 136 valence electrons. The molecule has 3 aromatic carbocycles. The summed E-state index contributed by atoms with van der Waals surface area (Å²) < 4.78 is 5.90. The normalized spacial score (nSPS) is 10.9. The second kappa shape index (κ2) is 8.09. The lowest BCUT2D eigenvalue weighted by Crippen LogP contribution is -2.12. The molecular weight excluding hydrogens is 346 g/mol. The number of nitro benzene ring substituents is 1. The summed E-state index contributed by atoms with van der Waals surface area (Å²) in [6.07, 6.45) is 1.53. The van der Waals surface area contributed by atoms with Gasteiger partial charge in [-0.2, -0.15) is 5.10 Å². The van der Waals surface area contributed by atoms with E-state index in [0.717, 1.165) is 10.8 Å². The number of nitro groups is 1. The van der Waals surface area contributed by atoms with E-state index in [0.29, 0.717) is 16.9 Å². The van der Waals surface area contributed by atoms with Gasteiger partial charge in [0.25, 0.3) is 5.69 Å². The van der Waals surface area contributed by atoms with E-state index in [2.05, 4.69) is 10.5 Å². The van der Waals surface area contributed by atoms with Crippen molar-refractivity contribution < 1.29 is 14.5 Å². The van der Waals surface area contributed by atoms with Crippen LogP contribution < -0.4 is 10.2 Å². The maximum atomic E-state index is 11.1. The summed E-state index contributed by atoms with van der Waals surface area (Å²) >= 11 is 0. The summed E-state index contributed by atoms with van der Waals surface area (Å²) in [6.45, 7) is 1.54. The fourth-order valence-electron chi connectivity index (χ4n) is 2.64. The number of rotatable bonds is 6. The molecule has 0 aliphatic heterocycles. The van der Waals surface area contributed by atoms with Crippen LogP contribution in [-0.2, 0) is 11.4 Å². The van der Waals surface area contributed by atoms with Crippen molar-refractivity contribution >= 4 is 28.6 Å². The van der Waals surface area contributed by atoms with Crippen LogP contribution in [0.3, 0.4) is 0 Å². The van der Waals surface area contributed by atoms with E-state index < -0.39 is 4.92 Å². The number of nitrogens with zero attached hydrogens (tertiary/aromatic N) is 2. The van der Waals surface area contributed by atoms with Crippen molar-refractivity contribution in [2.45, 2.75) is 13.5 Å². The van der Waals surface area contributed by atoms with Crippen LogP contribution in [0.4, 0.5) is 5.69 Å². The van der Waals surface area contributed by atoms with E-state index in [-0.39, 0.29) is 18.2 Å². The second-order valence-electron chi connectivity index (χ2n) is 5.84. The van der Waals surface area contributed by atoms with Crippen molar-refractivity contribution in [3.63, 3.8) is 0 Å². The Morgan fingerprint density at radius 3 is 2.78 bits per heavy atom. The average Bonchev–Trinajstić information content (AvgIpc) is 2.67. The molecule has 1 amide bonds. The SMILES string of the molecule is CC(=O)N/N=C\c1c(OCc2cccc([N+](=O)[O-])c2)ccc2ccccc12. The first-order chi connectivity index (χ1) is 13.0. The molecule has 0 aliphatic rings. The third kappa shape index (κ3) is 4.46. The third-order valence-electron chi connectivity index (χ3n) is 3.86. The Kier molecular flexibility index (Phi) is 5.41. The summed E-state index contributed by atoms with van der Waals surface area (Å²) in [5.74, 6) is 0.292. The molecule has 3 rings (SSSR count). The van der Waals surface area contributed by atoms with E-state index >= 15 is 0 Å². The van der Waals surface area contributed by atoms with E-state index in [4.69, 9.17) is 4.74 Å². The average molecular weight is 363 g/mol. The minimum absolute atomic E-state index is 0.0158. The second-order valence-corrected chi connectivity index (χ2v) is 5.84. The highest BCUT2D eigenvalue weighted by Crippen LogP contribution is 2.27. The molecule has 1 N–H and O–H groups in total. The Morgan fingerprint density at radius 1 is 1.19 bits per heavy atom. The largest absolute Gasteiger partial charge is 0.488 e. The Hall–Kier alpha value is -3.74. The predicted octanol–water partition coefficient (Wildman–Crippen LogP) is 3.80. The topological polar surface area (TPSA) is 93.8 Å². The molecule has 3 aromatic rings. The molecule has 0 fully saturated rings. The summed E-state index contributed by atoms with van der Waals surface area (Å²) in [4.78, 5) is 21.5. The molecule has 7 heteroatoms. The molecule has 7 nitrogen and oxygen atoms in total. The quantitative estimate of drug-likeness (QED) is 0.409. The zero-order valence-corrected chi connectivity index (χ0v) is 14.6. The Bertz CT molecular complexity index is 1030. The van der Waals surface area contributed by atoms with E-state index in [1.807, 2.05) is 36.4 Å². The smallest absolute Gasteiger partial charge is 0.269 e. The summed E-state index contributed by atoms with van der Waals surface area (Å²) in [5, 5.41) is 16.8. The molecule has 0 saturated heterocycles. The highest BCUT2D eigenvalue weighted by Gasteiger charge is 2.10. The first kappa shape index (κ1) is 18.1. The van der Waals surface area contributed by atoms with Gasteiger partial charge in [-0.3, -0.25) is 14.9 Å². The number of carbonyl (C=O) groups is 1. The number of benzene rings is 3. The number of hydrogen-bond acceptors (Lipinski definition) is 5. The fraction of sp³-hybridized carbons (Fsp3) is 0.100. The van der Waals surface area contributed by atoms with Gasteiger partial charge in [0.2, 0.25) is 5.91 Å². The monoisotopic (exact) mass is 363 g/mol. The van der Waals surface area contributed by atoms with Gasteiger partial charge in [-0.1, -0.05) is 42.5 Å². The van der Waals surface area contributed by atoms with Crippen LogP contribution >= 0.6 is 0 Å². The van der Waals surface area contributed by atoms with E-state index in [1.165, 1.54) is 25.3 Å². The van der Waals surface area contributed by atoms with Crippen molar-refractivity contribution in [2.75, 3.05) is 0 Å². The van der Waals surface area contributed by atoms with Gasteiger partial charge >= 0.3 is 0 Å². The van der Waals surface area contributed by atoms with Crippen molar-refractivity contribution in [2.24, 2.45) is 5.10 Å². The first-order valence-electron chi connectivity index (χ1n) is 8.22. The lowest BCUT2D eigenvalue weighted by atomic mass is 10.0. The minimum Gasteiger partial charge on any atom is -0.488 e. The maximum Gasteiger partial charge on any atom is 0.269 e. The number of carbonyl (C=O) groups excluding carboxylic acids is 1. The molecule has 0 aliphatic carbocycles. The molecule has 0 saturated carbocycles. The zero-order chi connectivity index (χ0) is 19.2. The fourth-order valence-corrected chi connectivity index (χ4v) is 2.64. The number of nitrogens with one attached hydrogen (secondary N) is 1. The number of hydrazone groups is 1. The Labute approximate surface area is 155 Å². The Morgan fingerprint density at radius 2 is 2.00 bits per heavy atom. The number of non-ortho nitro benzene ring substituents is 1. The minimum atomic E-state index is -0.439. The van der Waals surface area contributed by atoms with Crippen LogP contribution in [0.2, 0.25) is 0 Å². The van der Waals surface area contributed by atoms with Crippen molar-refractivity contribution in [1.29, 1.82) is 0 Å². The third-order valence-corrected chi connectivity index (χ3v) is 3.86.